The van der Waals surface area contributed by atoms with Crippen LogP contribution >= 0.6 is 0 Å². The molecular weight excluding hydrogens is 436 g/mol. The largest absolute Gasteiger partial charge is 0.374 e. The smallest absolute Gasteiger partial charge is 0.260 e. The quantitative estimate of drug-likeness (QED) is 0.437. The van der Waals surface area contributed by atoms with Crippen molar-refractivity contribution in [1.29, 1.82) is 0 Å². The number of nitrogens with one attached hydrogen (secondary N) is 1. The van der Waals surface area contributed by atoms with Crippen molar-refractivity contribution in [3.8, 4) is 17.2 Å². The van der Waals surface area contributed by atoms with Crippen LogP contribution in [0.1, 0.15) is 24.7 Å². The van der Waals surface area contributed by atoms with Crippen molar-refractivity contribution >= 4 is 17.5 Å². The summed E-state index contributed by atoms with van der Waals surface area (Å²) in [4.78, 5) is 27.4. The number of rotatable bonds is 6. The van der Waals surface area contributed by atoms with E-state index in [4.69, 9.17) is 0 Å². The minimum Gasteiger partial charge on any atom is -0.374 e. The van der Waals surface area contributed by atoms with Gasteiger partial charge in [0, 0.05) is 39.0 Å². The molecule has 0 saturated carbocycles. The molecule has 174 valence electrons. The van der Waals surface area contributed by atoms with E-state index < -0.39 is 5.60 Å². The molecule has 1 saturated heterocycles. The second kappa shape index (κ2) is 8.30. The Morgan fingerprint density at radius 3 is 2.74 bits per heavy atom. The molecule has 0 aromatic carbocycles. The van der Waals surface area contributed by atoms with Gasteiger partial charge in [0.25, 0.3) is 5.91 Å². The first-order valence-electron chi connectivity index (χ1n) is 10.9. The summed E-state index contributed by atoms with van der Waals surface area (Å²) >= 11 is 0. The number of carbonyl (C=O) groups excluding carboxylic acids is 1. The van der Waals surface area contributed by atoms with Crippen molar-refractivity contribution in [1.82, 2.24) is 44.6 Å². The van der Waals surface area contributed by atoms with Crippen LogP contribution in [0.4, 0.5) is 11.6 Å². The maximum Gasteiger partial charge on any atom is 0.260 e. The molecule has 4 aromatic heterocycles. The summed E-state index contributed by atoms with van der Waals surface area (Å²) in [5, 5.41) is 26.6. The van der Waals surface area contributed by atoms with Crippen molar-refractivity contribution in [2.24, 2.45) is 0 Å². The molecule has 34 heavy (non-hydrogen) atoms. The Morgan fingerprint density at radius 1 is 1.18 bits per heavy atom. The first-order valence-corrected chi connectivity index (χ1v) is 10.9. The lowest BCUT2D eigenvalue weighted by Gasteiger charge is -2.17. The summed E-state index contributed by atoms with van der Waals surface area (Å²) in [5.41, 5.74) is 1.45. The predicted molar refractivity (Wildman–Crippen MR) is 122 cm³/mol. The van der Waals surface area contributed by atoms with Gasteiger partial charge in [-0.2, -0.15) is 5.10 Å². The fourth-order valence-corrected chi connectivity index (χ4v) is 3.83. The van der Waals surface area contributed by atoms with Crippen molar-refractivity contribution in [2.75, 3.05) is 18.9 Å². The first kappa shape index (κ1) is 21.6. The van der Waals surface area contributed by atoms with Gasteiger partial charge in [0.2, 0.25) is 5.95 Å². The van der Waals surface area contributed by atoms with Gasteiger partial charge < -0.3 is 15.3 Å². The van der Waals surface area contributed by atoms with Crippen molar-refractivity contribution in [3.05, 3.63) is 54.2 Å². The van der Waals surface area contributed by atoms with E-state index in [0.29, 0.717) is 29.7 Å². The highest BCUT2D eigenvalue weighted by atomic mass is 16.3. The monoisotopic (exact) mass is 460 g/mol. The molecule has 2 N–H and O–H groups in total. The second-order valence-corrected chi connectivity index (χ2v) is 8.14. The third-order valence-corrected chi connectivity index (χ3v) is 5.83. The van der Waals surface area contributed by atoms with Gasteiger partial charge in [-0.3, -0.25) is 9.48 Å². The van der Waals surface area contributed by atoms with Crippen LogP contribution < -0.4 is 5.32 Å². The van der Waals surface area contributed by atoms with E-state index >= 15 is 0 Å². The molecule has 1 atom stereocenters. The Kier molecular flexibility index (Phi) is 5.28. The van der Waals surface area contributed by atoms with Gasteiger partial charge in [-0.15, -0.1) is 5.10 Å². The molecule has 0 unspecified atom stereocenters. The normalized spacial score (nSPS) is 18.0. The molecule has 12 heteroatoms. The van der Waals surface area contributed by atoms with Gasteiger partial charge in [0.15, 0.2) is 11.4 Å². The molecule has 0 aliphatic carbocycles. The number of pyridine rings is 1. The van der Waals surface area contributed by atoms with Crippen molar-refractivity contribution < 1.29 is 9.90 Å². The fourth-order valence-electron chi connectivity index (χ4n) is 3.83. The SMILES string of the molecule is CCn1cc(Nc2nccc(-c3cccc(-n4cc([C@]5(O)CCN(C)C5=O)nn4)n3)n2)c(C)n1. The number of aryl methyl sites for hydroxylation is 2. The molecule has 1 amide bonds. The van der Waals surface area contributed by atoms with E-state index in [-0.39, 0.29) is 18.0 Å². The number of amides is 1. The summed E-state index contributed by atoms with van der Waals surface area (Å²) in [6.07, 6.45) is 5.36. The highest BCUT2D eigenvalue weighted by molar-refractivity contribution is 5.87. The van der Waals surface area contributed by atoms with Crippen LogP contribution in [-0.4, -0.2) is 69.2 Å². The number of hydrogen-bond acceptors (Lipinski definition) is 9. The maximum atomic E-state index is 12.4. The Balaban J connectivity index is 1.41. The molecule has 5 rings (SSSR count). The number of aliphatic hydroxyl groups is 1. The van der Waals surface area contributed by atoms with Crippen LogP contribution in [0.2, 0.25) is 0 Å². The Labute approximate surface area is 195 Å². The summed E-state index contributed by atoms with van der Waals surface area (Å²) in [6, 6.07) is 7.18. The van der Waals surface area contributed by atoms with Gasteiger partial charge in [-0.05, 0) is 32.0 Å². The third-order valence-electron chi connectivity index (χ3n) is 5.83. The molecule has 5 heterocycles. The van der Waals surface area contributed by atoms with Crippen molar-refractivity contribution in [3.63, 3.8) is 0 Å². The number of carbonyl (C=O) groups is 1. The average molecular weight is 461 g/mol. The van der Waals surface area contributed by atoms with Gasteiger partial charge in [-0.1, -0.05) is 11.3 Å². The predicted octanol–water partition coefficient (Wildman–Crippen LogP) is 1.44. The zero-order valence-corrected chi connectivity index (χ0v) is 19.0. The molecule has 1 aliphatic heterocycles. The molecular formula is C22H24N10O2. The second-order valence-electron chi connectivity index (χ2n) is 8.14. The number of hydrogen-bond donors (Lipinski definition) is 2. The number of nitrogens with zero attached hydrogens (tertiary/aromatic N) is 9. The third kappa shape index (κ3) is 3.77. The lowest BCUT2D eigenvalue weighted by molar-refractivity contribution is -0.143. The van der Waals surface area contributed by atoms with Crippen LogP contribution in [-0.2, 0) is 16.9 Å². The number of anilines is 2. The van der Waals surface area contributed by atoms with Gasteiger partial charge in [-0.25, -0.2) is 19.6 Å². The summed E-state index contributed by atoms with van der Waals surface area (Å²) in [6.45, 7) is 5.17. The van der Waals surface area contributed by atoms with Crippen LogP contribution in [0.3, 0.4) is 0 Å². The molecule has 0 radical (unpaired) electrons. The Morgan fingerprint density at radius 2 is 2.00 bits per heavy atom. The van der Waals surface area contributed by atoms with E-state index in [1.54, 1.807) is 25.4 Å². The van der Waals surface area contributed by atoms with Crippen LogP contribution in [0.5, 0.6) is 0 Å². The van der Waals surface area contributed by atoms with E-state index in [1.165, 1.54) is 15.8 Å². The van der Waals surface area contributed by atoms with Gasteiger partial charge >= 0.3 is 0 Å². The zero-order valence-electron chi connectivity index (χ0n) is 19.0. The molecule has 1 fully saturated rings. The van der Waals surface area contributed by atoms with Crippen molar-refractivity contribution in [2.45, 2.75) is 32.4 Å². The number of likely N-dealkylation sites (tertiary alicyclic amines) is 1. The summed E-state index contributed by atoms with van der Waals surface area (Å²) in [5.74, 6) is 0.520. The first-order chi connectivity index (χ1) is 16.4. The summed E-state index contributed by atoms with van der Waals surface area (Å²) in [7, 11) is 1.65. The van der Waals surface area contributed by atoms with E-state index in [0.717, 1.165) is 17.9 Å². The molecule has 0 spiro atoms. The van der Waals surface area contributed by atoms with Gasteiger partial charge in [0.05, 0.1) is 29.0 Å². The lowest BCUT2D eigenvalue weighted by atomic mass is 9.99. The topological polar surface area (TPSA) is 140 Å². The number of aromatic nitrogens is 8. The molecule has 12 nitrogen and oxygen atoms in total. The fraction of sp³-hybridized carbons (Fsp3) is 0.318. The van der Waals surface area contributed by atoms with Gasteiger partial charge in [0.1, 0.15) is 5.69 Å². The summed E-state index contributed by atoms with van der Waals surface area (Å²) < 4.78 is 3.28. The van der Waals surface area contributed by atoms with E-state index in [1.807, 2.05) is 36.9 Å². The number of likely N-dealkylation sites (N-methyl/N-ethyl adjacent to an activating group) is 1. The van der Waals surface area contributed by atoms with E-state index in [2.05, 4.69) is 35.7 Å². The minimum atomic E-state index is -1.67. The Bertz CT molecular complexity index is 1360. The highest BCUT2D eigenvalue weighted by Crippen LogP contribution is 2.31. The average Bonchev–Trinajstić information content (AvgIpc) is 3.55. The van der Waals surface area contributed by atoms with Crippen LogP contribution in [0.25, 0.3) is 17.2 Å². The highest BCUT2D eigenvalue weighted by Gasteiger charge is 2.47. The molecule has 4 aromatic rings. The molecule has 1 aliphatic rings. The molecule has 0 bridgehead atoms. The standard InChI is InChI=1S/C22H24N10O2/c1-4-31-12-17(14(2)28-31)26-21-23-10-8-16(25-21)15-6-5-7-19(24-15)32-13-18(27-29-32)22(34)9-11-30(3)20(22)33/h5-8,10,12-13,34H,4,9,11H2,1-3H3,(H,23,25,26)/t22-/m1/s1. The minimum absolute atomic E-state index is 0.200. The lowest BCUT2D eigenvalue weighted by Crippen LogP contribution is -2.36. The maximum absolute atomic E-state index is 12.4. The van der Waals surface area contributed by atoms with Crippen LogP contribution in [0.15, 0.2) is 42.9 Å². The zero-order chi connectivity index (χ0) is 23.9. The van der Waals surface area contributed by atoms with E-state index in [9.17, 15) is 9.90 Å². The van der Waals surface area contributed by atoms with Crippen LogP contribution in [0, 0.1) is 6.92 Å². The Hall–Kier alpha value is -4.19.